The molecule has 2 aromatic carbocycles. The number of allylic oxidation sites excluding steroid dienone is 1. The number of rotatable bonds is 4. The first-order valence-corrected chi connectivity index (χ1v) is 7.76. The second-order valence-corrected chi connectivity index (χ2v) is 5.70. The van der Waals surface area contributed by atoms with E-state index in [2.05, 4.69) is 6.07 Å². The lowest BCUT2D eigenvalue weighted by atomic mass is 10.1. The molecule has 1 aromatic heterocycles. The van der Waals surface area contributed by atoms with E-state index in [0.717, 1.165) is 5.56 Å². The second kappa shape index (κ2) is 7.08. The third-order valence-corrected chi connectivity index (χ3v) is 3.84. The van der Waals surface area contributed by atoms with Gasteiger partial charge < -0.3 is 9.52 Å². The van der Waals surface area contributed by atoms with Crippen LogP contribution in [0.25, 0.3) is 23.0 Å². The number of aromatic carboxylic acids is 1. The van der Waals surface area contributed by atoms with Gasteiger partial charge in [-0.3, -0.25) is 0 Å². The average molecular weight is 350 g/mol. The minimum absolute atomic E-state index is 0.185. The number of carbonyl (C=O) groups is 1. The maximum Gasteiger partial charge on any atom is 0.335 e. The molecule has 3 aromatic rings. The number of hydrogen-bond donors (Lipinski definition) is 1. The van der Waals surface area contributed by atoms with Crippen molar-refractivity contribution >= 4 is 29.2 Å². The molecule has 1 heterocycles. The summed E-state index contributed by atoms with van der Waals surface area (Å²) in [5.41, 5.74) is 2.02. The summed E-state index contributed by atoms with van der Waals surface area (Å²) in [6.45, 7) is 0. The van der Waals surface area contributed by atoms with Crippen LogP contribution >= 0.6 is 11.6 Å². The molecule has 0 fully saturated rings. The van der Waals surface area contributed by atoms with Crippen molar-refractivity contribution in [1.29, 1.82) is 5.26 Å². The number of halogens is 1. The standard InChI is InChI=1S/C20H12ClNO3/c21-17-6-4-13(5-7-17)16(12-22)11-18-8-9-19(25-18)14-2-1-3-15(10-14)20(23)24/h1-11H,(H,23,24)/b16-11-. The van der Waals surface area contributed by atoms with Crippen molar-refractivity contribution in [3.8, 4) is 17.4 Å². The van der Waals surface area contributed by atoms with Crippen LogP contribution in [0.1, 0.15) is 21.7 Å². The van der Waals surface area contributed by atoms with Crippen LogP contribution < -0.4 is 0 Å². The van der Waals surface area contributed by atoms with Crippen LogP contribution in [0.4, 0.5) is 0 Å². The van der Waals surface area contributed by atoms with E-state index in [1.807, 2.05) is 0 Å². The van der Waals surface area contributed by atoms with Crippen LogP contribution in [0.2, 0.25) is 5.02 Å². The van der Waals surface area contributed by atoms with Crippen molar-refractivity contribution in [2.75, 3.05) is 0 Å². The number of furan rings is 1. The van der Waals surface area contributed by atoms with Gasteiger partial charge in [0.15, 0.2) is 0 Å². The molecule has 0 saturated carbocycles. The number of nitriles is 1. The highest BCUT2D eigenvalue weighted by Gasteiger charge is 2.09. The first kappa shape index (κ1) is 16.6. The predicted octanol–water partition coefficient (Wildman–Crippen LogP) is 5.36. The third kappa shape index (κ3) is 3.79. The molecule has 0 amide bonds. The van der Waals surface area contributed by atoms with E-state index in [-0.39, 0.29) is 5.56 Å². The largest absolute Gasteiger partial charge is 0.478 e. The Morgan fingerprint density at radius 1 is 1.08 bits per heavy atom. The molecule has 3 rings (SSSR count). The molecule has 0 radical (unpaired) electrons. The summed E-state index contributed by atoms with van der Waals surface area (Å²) in [5, 5.41) is 19.0. The lowest BCUT2D eigenvalue weighted by Crippen LogP contribution is -1.95. The lowest BCUT2D eigenvalue weighted by molar-refractivity contribution is 0.0697. The Balaban J connectivity index is 1.93. The van der Waals surface area contributed by atoms with E-state index < -0.39 is 5.97 Å². The molecule has 0 bridgehead atoms. The fraction of sp³-hybridized carbons (Fsp3) is 0. The van der Waals surface area contributed by atoms with Crippen LogP contribution in [-0.2, 0) is 0 Å². The van der Waals surface area contributed by atoms with E-state index >= 15 is 0 Å². The Morgan fingerprint density at radius 2 is 1.84 bits per heavy atom. The fourth-order valence-electron chi connectivity index (χ4n) is 2.34. The predicted molar refractivity (Wildman–Crippen MR) is 96.0 cm³/mol. The van der Waals surface area contributed by atoms with Crippen molar-refractivity contribution in [3.05, 3.63) is 82.6 Å². The third-order valence-electron chi connectivity index (χ3n) is 3.58. The van der Waals surface area contributed by atoms with E-state index in [1.54, 1.807) is 60.7 Å². The molecule has 0 aliphatic rings. The normalized spacial score (nSPS) is 11.1. The zero-order chi connectivity index (χ0) is 17.8. The smallest absolute Gasteiger partial charge is 0.335 e. The van der Waals surface area contributed by atoms with Crippen LogP contribution in [-0.4, -0.2) is 11.1 Å². The second-order valence-electron chi connectivity index (χ2n) is 5.26. The SMILES string of the molecule is N#C/C(=C/c1ccc(-c2cccc(C(=O)O)c2)o1)c1ccc(Cl)cc1. The monoisotopic (exact) mass is 349 g/mol. The van der Waals surface area contributed by atoms with Gasteiger partial charge in [0, 0.05) is 10.6 Å². The summed E-state index contributed by atoms with van der Waals surface area (Å²) in [7, 11) is 0. The molecule has 4 nitrogen and oxygen atoms in total. The molecule has 0 atom stereocenters. The molecule has 0 saturated heterocycles. The van der Waals surface area contributed by atoms with Gasteiger partial charge in [-0.1, -0.05) is 35.9 Å². The highest BCUT2D eigenvalue weighted by atomic mass is 35.5. The molecule has 1 N–H and O–H groups in total. The summed E-state index contributed by atoms with van der Waals surface area (Å²) in [6.07, 6.45) is 1.63. The number of carboxylic acid groups (broad SMARTS) is 1. The minimum atomic E-state index is -0.997. The van der Waals surface area contributed by atoms with Crippen molar-refractivity contribution in [2.45, 2.75) is 0 Å². The van der Waals surface area contributed by atoms with Crippen molar-refractivity contribution < 1.29 is 14.3 Å². The first-order chi connectivity index (χ1) is 12.1. The van der Waals surface area contributed by atoms with Gasteiger partial charge in [-0.05, 0) is 48.0 Å². The number of nitrogens with zero attached hydrogens (tertiary/aromatic N) is 1. The van der Waals surface area contributed by atoms with Gasteiger partial charge in [0.2, 0.25) is 0 Å². The Morgan fingerprint density at radius 3 is 2.52 bits per heavy atom. The van der Waals surface area contributed by atoms with Gasteiger partial charge in [0.25, 0.3) is 0 Å². The van der Waals surface area contributed by atoms with E-state index in [1.165, 1.54) is 6.07 Å². The molecule has 0 unspecified atom stereocenters. The highest BCUT2D eigenvalue weighted by Crippen LogP contribution is 2.26. The zero-order valence-corrected chi connectivity index (χ0v) is 13.7. The van der Waals surface area contributed by atoms with Gasteiger partial charge in [0.1, 0.15) is 11.5 Å². The van der Waals surface area contributed by atoms with Crippen molar-refractivity contribution in [2.24, 2.45) is 0 Å². The maximum atomic E-state index is 11.1. The van der Waals surface area contributed by atoms with Crippen LogP contribution in [0.15, 0.2) is 65.1 Å². The van der Waals surface area contributed by atoms with Crippen molar-refractivity contribution in [1.82, 2.24) is 0 Å². The summed E-state index contributed by atoms with van der Waals surface area (Å²) in [5.74, 6) is 0.0352. The van der Waals surface area contributed by atoms with Gasteiger partial charge in [-0.2, -0.15) is 5.26 Å². The lowest BCUT2D eigenvalue weighted by Gasteiger charge is -2.00. The topological polar surface area (TPSA) is 74.2 Å². The van der Waals surface area contributed by atoms with Gasteiger partial charge in [0.05, 0.1) is 17.2 Å². The van der Waals surface area contributed by atoms with Crippen LogP contribution in [0.5, 0.6) is 0 Å². The summed E-state index contributed by atoms with van der Waals surface area (Å²) < 4.78 is 5.74. The summed E-state index contributed by atoms with van der Waals surface area (Å²) in [4.78, 5) is 11.1. The first-order valence-electron chi connectivity index (χ1n) is 7.38. The van der Waals surface area contributed by atoms with Crippen molar-refractivity contribution in [3.63, 3.8) is 0 Å². The molecule has 0 spiro atoms. The Kier molecular flexibility index (Phi) is 4.69. The number of benzene rings is 2. The van der Waals surface area contributed by atoms with Crippen LogP contribution in [0.3, 0.4) is 0 Å². The van der Waals surface area contributed by atoms with Gasteiger partial charge >= 0.3 is 5.97 Å². The molecular formula is C20H12ClNO3. The van der Waals surface area contributed by atoms with E-state index in [9.17, 15) is 10.1 Å². The zero-order valence-electron chi connectivity index (χ0n) is 12.9. The fourth-order valence-corrected chi connectivity index (χ4v) is 2.47. The van der Waals surface area contributed by atoms with Gasteiger partial charge in [-0.15, -0.1) is 0 Å². The minimum Gasteiger partial charge on any atom is -0.478 e. The Bertz CT molecular complexity index is 994. The molecule has 5 heteroatoms. The van der Waals surface area contributed by atoms with Crippen LogP contribution in [0, 0.1) is 11.3 Å². The Labute approximate surface area is 149 Å². The summed E-state index contributed by atoms with van der Waals surface area (Å²) in [6, 6.07) is 19.0. The molecule has 25 heavy (non-hydrogen) atoms. The van der Waals surface area contributed by atoms with Gasteiger partial charge in [-0.25, -0.2) is 4.79 Å². The highest BCUT2D eigenvalue weighted by molar-refractivity contribution is 6.30. The quantitative estimate of drug-likeness (QED) is 0.643. The number of carboxylic acids is 1. The molecule has 0 aliphatic heterocycles. The number of hydrogen-bond acceptors (Lipinski definition) is 3. The molecule has 122 valence electrons. The Hall–Kier alpha value is -3.29. The molecular weight excluding hydrogens is 338 g/mol. The molecule has 0 aliphatic carbocycles. The van der Waals surface area contributed by atoms with E-state index in [4.69, 9.17) is 21.1 Å². The maximum absolute atomic E-state index is 11.1. The summed E-state index contributed by atoms with van der Waals surface area (Å²) >= 11 is 5.86. The average Bonchev–Trinajstić information content (AvgIpc) is 3.09. The van der Waals surface area contributed by atoms with E-state index in [0.29, 0.717) is 27.7 Å².